The van der Waals surface area contributed by atoms with Crippen LogP contribution in [0.4, 0.5) is 4.39 Å². The molecule has 3 N–H and O–H groups in total. The molecule has 1 aliphatic rings. The van der Waals surface area contributed by atoms with Crippen LogP contribution in [0.1, 0.15) is 38.2 Å². The average molecular weight is 378 g/mol. The lowest BCUT2D eigenvalue weighted by molar-refractivity contribution is -0.144. The number of benzene rings is 1. The van der Waals surface area contributed by atoms with Crippen molar-refractivity contribution in [2.45, 2.75) is 51.1 Å². The van der Waals surface area contributed by atoms with Crippen LogP contribution < -0.4 is 10.6 Å². The molecule has 0 aromatic heterocycles. The van der Waals surface area contributed by atoms with Gasteiger partial charge in [0.1, 0.15) is 23.7 Å². The molecule has 0 unspecified atom stereocenters. The number of carbonyl (C=O) groups is 4. The molecule has 1 aliphatic carbocycles. The third kappa shape index (κ3) is 6.16. The molecule has 0 heterocycles. The Kier molecular flexibility index (Phi) is 7.04. The number of hydrogen-bond acceptors (Lipinski definition) is 4. The van der Waals surface area contributed by atoms with Crippen molar-refractivity contribution in [2.24, 2.45) is 5.92 Å². The first-order chi connectivity index (χ1) is 12.8. The first kappa shape index (κ1) is 20.5. The summed E-state index contributed by atoms with van der Waals surface area (Å²) in [5, 5.41) is 14.4. The Balaban J connectivity index is 2.12. The third-order valence-corrected chi connectivity index (χ3v) is 4.60. The highest BCUT2D eigenvalue weighted by molar-refractivity contribution is 5.90. The number of halogens is 1. The van der Waals surface area contributed by atoms with Gasteiger partial charge >= 0.3 is 5.97 Å². The van der Waals surface area contributed by atoms with Gasteiger partial charge in [0.05, 0.1) is 0 Å². The van der Waals surface area contributed by atoms with Gasteiger partial charge in [-0.05, 0) is 36.5 Å². The molecule has 0 aliphatic heterocycles. The Morgan fingerprint density at radius 3 is 2.44 bits per heavy atom. The molecular weight excluding hydrogens is 355 g/mol. The second-order valence-corrected chi connectivity index (χ2v) is 6.80. The van der Waals surface area contributed by atoms with Crippen LogP contribution in [-0.2, 0) is 25.6 Å². The molecule has 0 radical (unpaired) electrons. The molecule has 0 bridgehead atoms. The predicted molar refractivity (Wildman–Crippen MR) is 94.2 cm³/mol. The van der Waals surface area contributed by atoms with E-state index in [2.05, 4.69) is 10.6 Å². The van der Waals surface area contributed by atoms with Crippen LogP contribution in [0.25, 0.3) is 0 Å². The molecule has 0 saturated heterocycles. The largest absolute Gasteiger partial charge is 0.480 e. The fourth-order valence-electron chi connectivity index (χ4n) is 3.29. The molecule has 2 rings (SSSR count). The van der Waals surface area contributed by atoms with E-state index in [-0.39, 0.29) is 18.6 Å². The number of aliphatic carboxylic acids is 1. The molecule has 146 valence electrons. The molecular formula is C19H23FN2O5. The van der Waals surface area contributed by atoms with Gasteiger partial charge in [0.25, 0.3) is 0 Å². The number of amides is 2. The van der Waals surface area contributed by atoms with E-state index in [9.17, 15) is 28.7 Å². The summed E-state index contributed by atoms with van der Waals surface area (Å²) >= 11 is 0. The summed E-state index contributed by atoms with van der Waals surface area (Å²) in [4.78, 5) is 47.4. The topological polar surface area (TPSA) is 113 Å². The van der Waals surface area contributed by atoms with Crippen molar-refractivity contribution in [1.29, 1.82) is 0 Å². The number of rotatable bonds is 7. The number of hydrogen-bond donors (Lipinski definition) is 3. The van der Waals surface area contributed by atoms with E-state index in [4.69, 9.17) is 0 Å². The van der Waals surface area contributed by atoms with E-state index in [1.165, 1.54) is 31.2 Å². The van der Waals surface area contributed by atoms with E-state index in [1.807, 2.05) is 0 Å². The Bertz CT molecular complexity index is 719. The Morgan fingerprint density at radius 1 is 1.22 bits per heavy atom. The zero-order valence-electron chi connectivity index (χ0n) is 15.0. The van der Waals surface area contributed by atoms with Gasteiger partial charge in [0, 0.05) is 26.2 Å². The molecule has 1 aromatic carbocycles. The van der Waals surface area contributed by atoms with E-state index in [1.54, 1.807) is 0 Å². The average Bonchev–Trinajstić information content (AvgIpc) is 2.60. The summed E-state index contributed by atoms with van der Waals surface area (Å²) in [5.74, 6) is -3.23. The minimum absolute atomic E-state index is 0.0172. The van der Waals surface area contributed by atoms with Crippen LogP contribution in [-0.4, -0.2) is 40.8 Å². The highest BCUT2D eigenvalue weighted by atomic mass is 19.1. The monoisotopic (exact) mass is 378 g/mol. The van der Waals surface area contributed by atoms with Gasteiger partial charge in [-0.25, -0.2) is 9.18 Å². The van der Waals surface area contributed by atoms with Crippen molar-refractivity contribution in [3.05, 3.63) is 35.6 Å². The quantitative estimate of drug-likeness (QED) is 0.660. The zero-order chi connectivity index (χ0) is 20.0. The summed E-state index contributed by atoms with van der Waals surface area (Å²) < 4.78 is 13.0. The Morgan fingerprint density at radius 2 is 1.89 bits per heavy atom. The first-order valence-electron chi connectivity index (χ1n) is 8.82. The smallest absolute Gasteiger partial charge is 0.326 e. The normalized spacial score (nSPS) is 19.0. The summed E-state index contributed by atoms with van der Waals surface area (Å²) in [6.07, 6.45) is 1.75. The highest BCUT2D eigenvalue weighted by Crippen LogP contribution is 2.24. The second-order valence-electron chi connectivity index (χ2n) is 6.80. The maximum absolute atomic E-state index is 13.0. The highest BCUT2D eigenvalue weighted by Gasteiger charge is 2.35. The van der Waals surface area contributed by atoms with Crippen molar-refractivity contribution >= 4 is 23.6 Å². The van der Waals surface area contributed by atoms with Gasteiger partial charge in [-0.1, -0.05) is 12.1 Å². The minimum atomic E-state index is -1.22. The lowest BCUT2D eigenvalue weighted by Gasteiger charge is -2.29. The zero-order valence-corrected chi connectivity index (χ0v) is 15.0. The molecule has 8 heteroatoms. The molecule has 1 aromatic rings. The number of carboxylic acids is 1. The van der Waals surface area contributed by atoms with Crippen LogP contribution >= 0.6 is 0 Å². The van der Waals surface area contributed by atoms with Crippen molar-refractivity contribution in [3.8, 4) is 0 Å². The SMILES string of the molecule is CC(=O)N[C@@H](Cc1ccc(F)cc1)C(=O)N[C@H](C(=O)O)[C@H]1CCCC(=O)C1. The molecule has 27 heavy (non-hydrogen) atoms. The molecule has 1 saturated carbocycles. The van der Waals surface area contributed by atoms with Gasteiger partial charge < -0.3 is 15.7 Å². The van der Waals surface area contributed by atoms with Crippen LogP contribution in [0.5, 0.6) is 0 Å². The lowest BCUT2D eigenvalue weighted by atomic mass is 9.83. The molecule has 1 fully saturated rings. The summed E-state index contributed by atoms with van der Waals surface area (Å²) in [7, 11) is 0. The Hall–Kier alpha value is -2.77. The van der Waals surface area contributed by atoms with Crippen LogP contribution in [0, 0.1) is 11.7 Å². The second kappa shape index (κ2) is 9.25. The minimum Gasteiger partial charge on any atom is -0.480 e. The third-order valence-electron chi connectivity index (χ3n) is 4.60. The maximum atomic E-state index is 13.0. The maximum Gasteiger partial charge on any atom is 0.326 e. The van der Waals surface area contributed by atoms with E-state index >= 15 is 0 Å². The lowest BCUT2D eigenvalue weighted by Crippen LogP contribution is -2.54. The number of Topliss-reactive ketones (excluding diaryl/α,β-unsaturated/α-hetero) is 1. The molecule has 2 amide bonds. The molecule has 3 atom stereocenters. The Labute approximate surface area is 156 Å². The van der Waals surface area contributed by atoms with Crippen molar-refractivity contribution in [2.75, 3.05) is 0 Å². The van der Waals surface area contributed by atoms with E-state index in [0.29, 0.717) is 24.8 Å². The van der Waals surface area contributed by atoms with Crippen LogP contribution in [0.15, 0.2) is 24.3 Å². The summed E-state index contributed by atoms with van der Waals surface area (Å²) in [6, 6.07) is 3.26. The van der Waals surface area contributed by atoms with E-state index in [0.717, 1.165) is 0 Å². The van der Waals surface area contributed by atoms with Crippen LogP contribution in [0.3, 0.4) is 0 Å². The van der Waals surface area contributed by atoms with Crippen LogP contribution in [0.2, 0.25) is 0 Å². The predicted octanol–water partition coefficient (Wildman–Crippen LogP) is 1.20. The number of ketones is 1. The summed E-state index contributed by atoms with van der Waals surface area (Å²) in [5.41, 5.74) is 0.616. The van der Waals surface area contributed by atoms with E-state index < -0.39 is 41.6 Å². The van der Waals surface area contributed by atoms with Gasteiger partial charge in [0.2, 0.25) is 11.8 Å². The number of carboxylic acid groups (broad SMARTS) is 1. The van der Waals surface area contributed by atoms with Crippen molar-refractivity contribution in [3.63, 3.8) is 0 Å². The standard InChI is InChI=1S/C19H23FN2O5/c1-11(23)21-16(9-12-5-7-14(20)8-6-12)18(25)22-17(19(26)27)13-3-2-4-15(24)10-13/h5-8,13,16-17H,2-4,9-10H2,1H3,(H,21,23)(H,22,25)(H,26,27)/t13-,16-,17-/m0/s1. The van der Waals surface area contributed by atoms with Crippen molar-refractivity contribution < 1.29 is 28.7 Å². The van der Waals surface area contributed by atoms with Crippen molar-refractivity contribution in [1.82, 2.24) is 10.6 Å². The summed E-state index contributed by atoms with van der Waals surface area (Å²) in [6.45, 7) is 1.25. The first-order valence-corrected chi connectivity index (χ1v) is 8.82. The number of nitrogens with one attached hydrogen (secondary N) is 2. The van der Waals surface area contributed by atoms with Gasteiger partial charge in [-0.15, -0.1) is 0 Å². The molecule has 7 nitrogen and oxygen atoms in total. The fraction of sp³-hybridized carbons (Fsp3) is 0.474. The van der Waals surface area contributed by atoms with Gasteiger partial charge in [-0.2, -0.15) is 0 Å². The fourth-order valence-corrected chi connectivity index (χ4v) is 3.29. The molecule has 0 spiro atoms. The number of carbonyl (C=O) groups excluding carboxylic acids is 3. The van der Waals surface area contributed by atoms with Gasteiger partial charge in [-0.3, -0.25) is 14.4 Å². The van der Waals surface area contributed by atoms with Gasteiger partial charge in [0.15, 0.2) is 0 Å².